The van der Waals surface area contributed by atoms with Crippen molar-refractivity contribution in [3.05, 3.63) is 29.8 Å². The molecule has 24 heavy (non-hydrogen) atoms. The van der Waals surface area contributed by atoms with Crippen molar-refractivity contribution in [2.24, 2.45) is 5.73 Å². The van der Waals surface area contributed by atoms with Gasteiger partial charge in [0.2, 0.25) is 5.91 Å². The Morgan fingerprint density at radius 3 is 1.21 bits per heavy atom. The van der Waals surface area contributed by atoms with E-state index in [-0.39, 0.29) is 0 Å². The summed E-state index contributed by atoms with van der Waals surface area (Å²) in [6, 6.07) is 6.47. The molecule has 0 aliphatic carbocycles. The van der Waals surface area contributed by atoms with Crippen LogP contribution in [0.1, 0.15) is 10.4 Å². The molecule has 1 amide bonds. The molecule has 0 aromatic heterocycles. The summed E-state index contributed by atoms with van der Waals surface area (Å²) in [5, 5.41) is 14.2. The van der Waals surface area contributed by atoms with Crippen molar-refractivity contribution in [3.8, 4) is 0 Å². The predicted octanol–water partition coefficient (Wildman–Crippen LogP) is 1.63. The number of alkyl halides is 6. The fourth-order valence-electron chi connectivity index (χ4n) is 0.647. The van der Waals surface area contributed by atoms with Crippen molar-refractivity contribution in [2.45, 2.75) is 12.4 Å². The molecule has 13 heteroatoms. The Hall–Kier alpha value is -2.99. The average molecular weight is 364 g/mol. The van der Waals surface area contributed by atoms with E-state index >= 15 is 0 Å². The van der Waals surface area contributed by atoms with Crippen LogP contribution < -0.4 is 11.5 Å². The van der Waals surface area contributed by atoms with Gasteiger partial charge in [-0.05, 0) is 24.3 Å². The number of nitrogen functional groups attached to an aromatic ring is 1. The Bertz CT molecular complexity index is 544. The molecule has 0 saturated carbocycles. The highest BCUT2D eigenvalue weighted by molar-refractivity contribution is 5.93. The van der Waals surface area contributed by atoms with Gasteiger partial charge in [0.25, 0.3) is 0 Å². The van der Waals surface area contributed by atoms with Gasteiger partial charge in [0.05, 0.1) is 0 Å². The summed E-state index contributed by atoms with van der Waals surface area (Å²) in [5.74, 6) is -5.94. The van der Waals surface area contributed by atoms with Crippen molar-refractivity contribution in [2.75, 3.05) is 5.73 Å². The summed E-state index contributed by atoms with van der Waals surface area (Å²) in [5.41, 5.74) is 11.5. The van der Waals surface area contributed by atoms with Crippen molar-refractivity contribution < 1.29 is 50.9 Å². The van der Waals surface area contributed by atoms with Crippen LogP contribution in [0.3, 0.4) is 0 Å². The Labute approximate surface area is 129 Å². The van der Waals surface area contributed by atoms with Crippen LogP contribution in [-0.4, -0.2) is 40.4 Å². The Balaban J connectivity index is 0. The third kappa shape index (κ3) is 11.6. The lowest BCUT2D eigenvalue weighted by Crippen LogP contribution is -2.21. The minimum Gasteiger partial charge on any atom is -0.475 e. The molecule has 0 unspecified atom stereocenters. The lowest BCUT2D eigenvalue weighted by atomic mass is 10.2. The molecule has 0 saturated heterocycles. The van der Waals surface area contributed by atoms with Gasteiger partial charge in [0.1, 0.15) is 0 Å². The van der Waals surface area contributed by atoms with Crippen molar-refractivity contribution in [1.82, 2.24) is 0 Å². The molecule has 0 radical (unpaired) electrons. The topological polar surface area (TPSA) is 144 Å². The average Bonchev–Trinajstić information content (AvgIpc) is 2.38. The predicted molar refractivity (Wildman–Crippen MR) is 66.8 cm³/mol. The van der Waals surface area contributed by atoms with Crippen LogP contribution in [0.25, 0.3) is 0 Å². The number of rotatable bonds is 1. The fourth-order valence-corrected chi connectivity index (χ4v) is 0.647. The summed E-state index contributed by atoms with van der Waals surface area (Å²) in [4.78, 5) is 28.3. The molecule has 7 nitrogen and oxygen atoms in total. The van der Waals surface area contributed by atoms with E-state index < -0.39 is 30.2 Å². The molecule has 6 N–H and O–H groups in total. The smallest absolute Gasteiger partial charge is 0.475 e. The minimum absolute atomic E-state index is 0.431. The monoisotopic (exact) mass is 364 g/mol. The van der Waals surface area contributed by atoms with E-state index in [0.717, 1.165) is 0 Å². The highest BCUT2D eigenvalue weighted by atomic mass is 19.4. The second-order valence-corrected chi connectivity index (χ2v) is 3.59. The third-order valence-corrected chi connectivity index (χ3v) is 1.68. The summed E-state index contributed by atoms with van der Waals surface area (Å²) in [6.07, 6.45) is -10.2. The number of nitrogens with two attached hydrogens (primary N) is 2. The maximum absolute atomic E-state index is 10.6. The molecule has 0 bridgehead atoms. The number of hydrogen-bond donors (Lipinski definition) is 4. The van der Waals surface area contributed by atoms with Gasteiger partial charge in [-0.25, -0.2) is 9.59 Å². The summed E-state index contributed by atoms with van der Waals surface area (Å²) >= 11 is 0. The van der Waals surface area contributed by atoms with E-state index in [1.165, 1.54) is 0 Å². The van der Waals surface area contributed by atoms with Gasteiger partial charge in [0.15, 0.2) is 0 Å². The van der Waals surface area contributed by atoms with Gasteiger partial charge in [-0.3, -0.25) is 4.79 Å². The number of primary amides is 1. The number of benzene rings is 1. The van der Waals surface area contributed by atoms with Crippen LogP contribution in [0.2, 0.25) is 0 Å². The van der Waals surface area contributed by atoms with Gasteiger partial charge in [-0.1, -0.05) is 0 Å². The SMILES string of the molecule is NC(=O)c1ccc(N)cc1.O=C(O)C(F)(F)F.O=C(O)C(F)(F)F. The van der Waals surface area contributed by atoms with Crippen LogP contribution in [0, 0.1) is 0 Å². The number of anilines is 1. The van der Waals surface area contributed by atoms with Crippen LogP contribution >= 0.6 is 0 Å². The number of hydrogen-bond acceptors (Lipinski definition) is 4. The van der Waals surface area contributed by atoms with Gasteiger partial charge in [-0.15, -0.1) is 0 Å². The zero-order valence-corrected chi connectivity index (χ0v) is 11.4. The molecular weight excluding hydrogens is 354 g/mol. The fraction of sp³-hybridized carbons (Fsp3) is 0.182. The number of carbonyl (C=O) groups is 3. The lowest BCUT2D eigenvalue weighted by Gasteiger charge is -1.93. The van der Waals surface area contributed by atoms with E-state index in [2.05, 4.69) is 0 Å². The highest BCUT2D eigenvalue weighted by Gasteiger charge is 2.38. The van der Waals surface area contributed by atoms with E-state index in [4.69, 9.17) is 31.3 Å². The Kier molecular flexibility index (Phi) is 8.94. The van der Waals surface area contributed by atoms with Gasteiger partial charge >= 0.3 is 24.3 Å². The summed E-state index contributed by atoms with van der Waals surface area (Å²) in [7, 11) is 0. The first kappa shape index (κ1) is 23.3. The number of halogens is 6. The number of aliphatic carboxylic acids is 2. The van der Waals surface area contributed by atoms with Crippen LogP contribution in [0.15, 0.2) is 24.3 Å². The largest absolute Gasteiger partial charge is 0.490 e. The first-order valence-electron chi connectivity index (χ1n) is 5.34. The number of carbonyl (C=O) groups excluding carboxylic acids is 1. The molecule has 1 aromatic carbocycles. The zero-order valence-electron chi connectivity index (χ0n) is 11.4. The van der Waals surface area contributed by atoms with E-state index in [0.29, 0.717) is 11.3 Å². The van der Waals surface area contributed by atoms with Crippen molar-refractivity contribution in [1.29, 1.82) is 0 Å². The lowest BCUT2D eigenvalue weighted by molar-refractivity contribution is -0.193. The molecule has 0 aliphatic rings. The molecule has 1 rings (SSSR count). The zero-order chi connectivity index (χ0) is 19.7. The molecular formula is C11H10F6N2O5. The second-order valence-electron chi connectivity index (χ2n) is 3.59. The van der Waals surface area contributed by atoms with Crippen molar-refractivity contribution >= 4 is 23.5 Å². The Morgan fingerprint density at radius 1 is 0.792 bits per heavy atom. The quantitative estimate of drug-likeness (QED) is 0.440. The van der Waals surface area contributed by atoms with Crippen LogP contribution in [0.5, 0.6) is 0 Å². The molecule has 1 aromatic rings. The third-order valence-electron chi connectivity index (χ3n) is 1.68. The molecule has 0 heterocycles. The molecule has 0 fully saturated rings. The highest BCUT2D eigenvalue weighted by Crippen LogP contribution is 2.13. The molecule has 136 valence electrons. The van der Waals surface area contributed by atoms with Crippen molar-refractivity contribution in [3.63, 3.8) is 0 Å². The van der Waals surface area contributed by atoms with Gasteiger partial charge < -0.3 is 21.7 Å². The van der Waals surface area contributed by atoms with E-state index in [1.54, 1.807) is 24.3 Å². The molecule has 0 atom stereocenters. The van der Waals surface area contributed by atoms with Crippen LogP contribution in [0.4, 0.5) is 32.0 Å². The normalized spacial score (nSPS) is 10.4. The standard InChI is InChI=1S/C7H8N2O.2C2HF3O2/c8-6-3-1-5(2-4-6)7(9)10;2*3-2(4,5)1(6)7/h1-4H,8H2,(H2,9,10);2*(H,6,7). The molecule has 0 spiro atoms. The van der Waals surface area contributed by atoms with Crippen LogP contribution in [-0.2, 0) is 9.59 Å². The van der Waals surface area contributed by atoms with E-state index in [9.17, 15) is 31.1 Å². The maximum atomic E-state index is 10.6. The van der Waals surface area contributed by atoms with E-state index in [1.807, 2.05) is 0 Å². The number of carboxylic acid groups (broad SMARTS) is 2. The Morgan fingerprint density at radius 2 is 1.04 bits per heavy atom. The number of amides is 1. The second kappa shape index (κ2) is 9.22. The summed E-state index contributed by atoms with van der Waals surface area (Å²) < 4.78 is 63.5. The summed E-state index contributed by atoms with van der Waals surface area (Å²) in [6.45, 7) is 0. The first-order valence-corrected chi connectivity index (χ1v) is 5.34. The van der Waals surface area contributed by atoms with Gasteiger partial charge in [0, 0.05) is 11.3 Å². The maximum Gasteiger partial charge on any atom is 0.490 e. The van der Waals surface area contributed by atoms with Gasteiger partial charge in [-0.2, -0.15) is 26.3 Å². The number of carboxylic acids is 2. The molecule has 0 aliphatic heterocycles. The first-order chi connectivity index (χ1) is 10.6. The minimum atomic E-state index is -5.08.